The summed E-state index contributed by atoms with van der Waals surface area (Å²) in [5, 5.41) is 4.21. The van der Waals surface area contributed by atoms with Crippen LogP contribution in [-0.4, -0.2) is 22.0 Å². The van der Waals surface area contributed by atoms with E-state index in [0.717, 1.165) is 22.1 Å². The minimum Gasteiger partial charge on any atom is -0.354 e. The second kappa shape index (κ2) is 7.50. The maximum Gasteiger partial charge on any atom is 0.271 e. The number of fused-ring (bicyclic) bond motifs is 3. The summed E-state index contributed by atoms with van der Waals surface area (Å²) in [5.41, 5.74) is 1.52. The van der Waals surface area contributed by atoms with Gasteiger partial charge < -0.3 is 5.32 Å². The van der Waals surface area contributed by atoms with Crippen LogP contribution in [0.15, 0.2) is 59.7 Å². The van der Waals surface area contributed by atoms with Crippen molar-refractivity contribution in [2.75, 3.05) is 6.54 Å². The molecule has 1 N–H and O–H groups in total. The van der Waals surface area contributed by atoms with Gasteiger partial charge in [-0.1, -0.05) is 48.0 Å². The van der Waals surface area contributed by atoms with Crippen LogP contribution in [0.25, 0.3) is 20.3 Å². The lowest BCUT2D eigenvalue weighted by Crippen LogP contribution is -2.33. The molecule has 0 aliphatic carbocycles. The molecule has 0 bridgehead atoms. The smallest absolute Gasteiger partial charge is 0.271 e. The predicted molar refractivity (Wildman–Crippen MR) is 110 cm³/mol. The fraction of sp³-hybridized carbons (Fsp3) is 0.150. The van der Waals surface area contributed by atoms with Gasteiger partial charge in [0, 0.05) is 16.6 Å². The standard InChI is InChI=1S/C20H16ClN3O2S/c21-14-7-4-8-15-17(14)18-19(27-15)20(26)24(12-23-18)11-16(25)22-10-9-13-5-2-1-3-6-13/h1-8,12H,9-11H2,(H,22,25). The molecule has 0 saturated heterocycles. The Labute approximate surface area is 164 Å². The zero-order valence-electron chi connectivity index (χ0n) is 14.3. The van der Waals surface area contributed by atoms with Crippen LogP contribution in [0.5, 0.6) is 0 Å². The van der Waals surface area contributed by atoms with E-state index in [0.29, 0.717) is 21.8 Å². The van der Waals surface area contributed by atoms with E-state index in [4.69, 9.17) is 11.6 Å². The first kappa shape index (κ1) is 17.7. The highest BCUT2D eigenvalue weighted by molar-refractivity contribution is 7.25. The number of benzene rings is 2. The first-order chi connectivity index (χ1) is 13.1. The van der Waals surface area contributed by atoms with Gasteiger partial charge in [-0.15, -0.1) is 11.3 Å². The van der Waals surface area contributed by atoms with Crippen molar-refractivity contribution in [3.63, 3.8) is 0 Å². The van der Waals surface area contributed by atoms with Gasteiger partial charge in [0.2, 0.25) is 5.91 Å². The highest BCUT2D eigenvalue weighted by Crippen LogP contribution is 2.34. The maximum atomic E-state index is 12.8. The van der Waals surface area contributed by atoms with Gasteiger partial charge in [-0.05, 0) is 24.1 Å². The van der Waals surface area contributed by atoms with Crippen molar-refractivity contribution in [1.82, 2.24) is 14.9 Å². The summed E-state index contributed by atoms with van der Waals surface area (Å²) < 4.78 is 2.76. The van der Waals surface area contributed by atoms with Crippen LogP contribution in [0.2, 0.25) is 5.02 Å². The number of thiophene rings is 1. The quantitative estimate of drug-likeness (QED) is 0.559. The van der Waals surface area contributed by atoms with E-state index in [9.17, 15) is 9.59 Å². The van der Waals surface area contributed by atoms with Crippen LogP contribution in [0.4, 0.5) is 0 Å². The molecule has 2 heterocycles. The normalized spacial score (nSPS) is 11.1. The third-order valence-electron chi connectivity index (χ3n) is 4.31. The molecule has 0 spiro atoms. The second-order valence-corrected chi connectivity index (χ2v) is 7.62. The third-order valence-corrected chi connectivity index (χ3v) is 5.76. The number of carbonyl (C=O) groups excluding carboxylic acids is 1. The lowest BCUT2D eigenvalue weighted by Gasteiger charge is -2.07. The number of rotatable bonds is 5. The number of amides is 1. The fourth-order valence-corrected chi connectivity index (χ4v) is 4.43. The Bertz CT molecular complexity index is 1180. The SMILES string of the molecule is O=C(Cn1cnc2c(sc3cccc(Cl)c32)c1=O)NCCc1ccccc1. The zero-order chi connectivity index (χ0) is 18.8. The minimum absolute atomic E-state index is 0.0570. The van der Waals surface area contributed by atoms with Gasteiger partial charge in [-0.3, -0.25) is 14.2 Å². The molecule has 2 aromatic carbocycles. The van der Waals surface area contributed by atoms with Crippen molar-refractivity contribution < 1.29 is 4.79 Å². The molecule has 4 rings (SSSR count). The molecule has 0 aliphatic rings. The summed E-state index contributed by atoms with van der Waals surface area (Å²) in [6.07, 6.45) is 2.16. The maximum absolute atomic E-state index is 12.8. The Morgan fingerprint density at radius 3 is 2.78 bits per heavy atom. The second-order valence-electron chi connectivity index (χ2n) is 6.16. The molecule has 0 aliphatic heterocycles. The Balaban J connectivity index is 1.51. The Morgan fingerprint density at radius 2 is 1.96 bits per heavy atom. The summed E-state index contributed by atoms with van der Waals surface area (Å²) in [5.74, 6) is -0.215. The van der Waals surface area contributed by atoms with Gasteiger partial charge in [0.1, 0.15) is 11.2 Å². The number of nitrogens with one attached hydrogen (secondary N) is 1. The first-order valence-electron chi connectivity index (χ1n) is 8.50. The van der Waals surface area contributed by atoms with Crippen LogP contribution in [0, 0.1) is 0 Å². The van der Waals surface area contributed by atoms with Crippen LogP contribution in [-0.2, 0) is 17.8 Å². The average Bonchev–Trinajstić information content (AvgIpc) is 3.06. The fourth-order valence-electron chi connectivity index (χ4n) is 2.98. The van der Waals surface area contributed by atoms with Gasteiger partial charge in [0.25, 0.3) is 5.56 Å². The monoisotopic (exact) mass is 397 g/mol. The number of halogens is 1. The molecule has 0 fully saturated rings. The lowest BCUT2D eigenvalue weighted by atomic mass is 10.1. The highest BCUT2D eigenvalue weighted by Gasteiger charge is 2.14. The average molecular weight is 398 g/mol. The van der Waals surface area contributed by atoms with Crippen LogP contribution in [0.3, 0.4) is 0 Å². The van der Waals surface area contributed by atoms with Gasteiger partial charge >= 0.3 is 0 Å². The van der Waals surface area contributed by atoms with Crippen molar-refractivity contribution in [3.05, 3.63) is 75.8 Å². The Hall–Kier alpha value is -2.70. The van der Waals surface area contributed by atoms with Crippen molar-refractivity contribution >= 4 is 49.1 Å². The van der Waals surface area contributed by atoms with Crippen molar-refractivity contribution in [2.45, 2.75) is 13.0 Å². The molecule has 0 saturated carbocycles. The van der Waals surface area contributed by atoms with Crippen LogP contribution in [0.1, 0.15) is 5.56 Å². The molecule has 27 heavy (non-hydrogen) atoms. The summed E-state index contributed by atoms with van der Waals surface area (Å²) >= 11 is 7.60. The topological polar surface area (TPSA) is 64.0 Å². The number of carbonyl (C=O) groups is 1. The summed E-state index contributed by atoms with van der Waals surface area (Å²) in [6, 6.07) is 15.5. The van der Waals surface area contributed by atoms with Crippen molar-refractivity contribution in [1.29, 1.82) is 0 Å². The molecule has 4 aromatic rings. The minimum atomic E-state index is -0.226. The molecule has 0 atom stereocenters. The number of aromatic nitrogens is 2. The van der Waals surface area contributed by atoms with Crippen LogP contribution >= 0.6 is 22.9 Å². The van der Waals surface area contributed by atoms with E-state index in [1.165, 1.54) is 22.2 Å². The number of nitrogens with zero attached hydrogens (tertiary/aromatic N) is 2. The molecule has 136 valence electrons. The molecule has 0 radical (unpaired) electrons. The highest BCUT2D eigenvalue weighted by atomic mass is 35.5. The zero-order valence-corrected chi connectivity index (χ0v) is 15.9. The van der Waals surface area contributed by atoms with Gasteiger partial charge in [-0.2, -0.15) is 0 Å². The Morgan fingerprint density at radius 1 is 1.15 bits per heavy atom. The van der Waals surface area contributed by atoms with Crippen molar-refractivity contribution in [2.24, 2.45) is 0 Å². The largest absolute Gasteiger partial charge is 0.354 e. The van der Waals surface area contributed by atoms with Gasteiger partial charge in [0.15, 0.2) is 0 Å². The summed E-state index contributed by atoms with van der Waals surface area (Å²) in [6.45, 7) is 0.463. The molecule has 5 nitrogen and oxygen atoms in total. The number of hydrogen-bond donors (Lipinski definition) is 1. The Kier molecular flexibility index (Phi) is 4.92. The van der Waals surface area contributed by atoms with Crippen LogP contribution < -0.4 is 10.9 Å². The third kappa shape index (κ3) is 3.59. The summed E-state index contributed by atoms with van der Waals surface area (Å²) in [7, 11) is 0. The predicted octanol–water partition coefficient (Wildman–Crippen LogP) is 3.62. The summed E-state index contributed by atoms with van der Waals surface area (Å²) in [4.78, 5) is 29.3. The van der Waals surface area contributed by atoms with E-state index >= 15 is 0 Å². The van der Waals surface area contributed by atoms with E-state index in [1.54, 1.807) is 6.07 Å². The van der Waals surface area contributed by atoms with E-state index in [-0.39, 0.29) is 18.0 Å². The first-order valence-corrected chi connectivity index (χ1v) is 9.70. The van der Waals surface area contributed by atoms with E-state index < -0.39 is 0 Å². The molecule has 0 unspecified atom stereocenters. The lowest BCUT2D eigenvalue weighted by molar-refractivity contribution is -0.121. The van der Waals surface area contributed by atoms with Gasteiger partial charge in [0.05, 0.1) is 16.9 Å². The molecule has 1 amide bonds. The molecule has 2 aromatic heterocycles. The van der Waals surface area contributed by atoms with Gasteiger partial charge in [-0.25, -0.2) is 4.98 Å². The van der Waals surface area contributed by atoms with E-state index in [2.05, 4.69) is 10.3 Å². The molecular formula is C20H16ClN3O2S. The van der Waals surface area contributed by atoms with Crippen molar-refractivity contribution in [3.8, 4) is 0 Å². The molecule has 7 heteroatoms. The number of hydrogen-bond acceptors (Lipinski definition) is 4. The van der Waals surface area contributed by atoms with E-state index in [1.807, 2.05) is 42.5 Å². The molecular weight excluding hydrogens is 382 g/mol.